The first-order valence-electron chi connectivity index (χ1n) is 6.62. The third kappa shape index (κ3) is 3.64. The highest BCUT2D eigenvalue weighted by Crippen LogP contribution is 2.30. The van der Waals surface area contributed by atoms with E-state index in [4.69, 9.17) is 10.5 Å². The van der Waals surface area contributed by atoms with Gasteiger partial charge in [-0.25, -0.2) is 0 Å². The first kappa shape index (κ1) is 15.1. The molecule has 6 heteroatoms. The number of ether oxygens (including phenoxy) is 1. The van der Waals surface area contributed by atoms with Crippen LogP contribution in [0.1, 0.15) is 5.56 Å². The fraction of sp³-hybridized carbons (Fsp3) is 0.500. The number of hydrogen-bond acceptors (Lipinski definition) is 4. The van der Waals surface area contributed by atoms with Gasteiger partial charge in [-0.1, -0.05) is 15.9 Å². The van der Waals surface area contributed by atoms with E-state index in [-0.39, 0.29) is 12.5 Å². The van der Waals surface area contributed by atoms with Crippen LogP contribution in [0.3, 0.4) is 0 Å². The Morgan fingerprint density at radius 3 is 2.60 bits per heavy atom. The van der Waals surface area contributed by atoms with Crippen LogP contribution in [0.2, 0.25) is 0 Å². The Hall–Kier alpha value is -1.27. The lowest BCUT2D eigenvalue weighted by molar-refractivity contribution is -0.134. The molecule has 0 unspecified atom stereocenters. The van der Waals surface area contributed by atoms with Gasteiger partial charge in [-0.3, -0.25) is 4.79 Å². The topological polar surface area (TPSA) is 58.8 Å². The molecular formula is C14H20BrN3O2. The first-order valence-corrected chi connectivity index (χ1v) is 7.41. The number of nitrogens with zero attached hydrogens (tertiary/aromatic N) is 2. The Balaban J connectivity index is 1.94. The zero-order valence-electron chi connectivity index (χ0n) is 11.9. The fourth-order valence-corrected chi connectivity index (χ4v) is 2.82. The smallest absolute Gasteiger partial charge is 0.260 e. The van der Waals surface area contributed by atoms with Crippen molar-refractivity contribution >= 4 is 27.5 Å². The summed E-state index contributed by atoms with van der Waals surface area (Å²) in [6.45, 7) is 5.28. The van der Waals surface area contributed by atoms with Gasteiger partial charge in [0.2, 0.25) is 0 Å². The molecule has 1 aromatic rings. The lowest BCUT2D eigenvalue weighted by Crippen LogP contribution is -2.48. The number of hydrogen-bond donors (Lipinski definition) is 1. The lowest BCUT2D eigenvalue weighted by Gasteiger charge is -2.32. The van der Waals surface area contributed by atoms with Crippen LogP contribution >= 0.6 is 15.9 Å². The van der Waals surface area contributed by atoms with Crippen molar-refractivity contribution in [1.29, 1.82) is 0 Å². The predicted octanol–water partition coefficient (Wildman–Crippen LogP) is 1.49. The van der Waals surface area contributed by atoms with E-state index in [9.17, 15) is 4.79 Å². The number of likely N-dealkylation sites (N-methyl/N-ethyl adjacent to an activating group) is 1. The van der Waals surface area contributed by atoms with Gasteiger partial charge >= 0.3 is 0 Å². The minimum Gasteiger partial charge on any atom is -0.481 e. The lowest BCUT2D eigenvalue weighted by atomic mass is 10.2. The number of amides is 1. The normalized spacial score (nSPS) is 16.2. The average Bonchev–Trinajstić information content (AvgIpc) is 2.38. The molecule has 0 spiro atoms. The van der Waals surface area contributed by atoms with Gasteiger partial charge in [0, 0.05) is 30.7 Å². The Labute approximate surface area is 127 Å². The van der Waals surface area contributed by atoms with E-state index in [0.29, 0.717) is 11.4 Å². The average molecular weight is 342 g/mol. The number of piperazine rings is 1. The molecule has 1 aliphatic rings. The summed E-state index contributed by atoms with van der Waals surface area (Å²) >= 11 is 3.38. The van der Waals surface area contributed by atoms with Crippen molar-refractivity contribution in [2.24, 2.45) is 0 Å². The molecule has 110 valence electrons. The zero-order chi connectivity index (χ0) is 14.7. The summed E-state index contributed by atoms with van der Waals surface area (Å²) in [4.78, 5) is 16.1. The molecule has 0 radical (unpaired) electrons. The third-order valence-electron chi connectivity index (χ3n) is 3.46. The van der Waals surface area contributed by atoms with E-state index in [1.54, 1.807) is 6.07 Å². The summed E-state index contributed by atoms with van der Waals surface area (Å²) < 4.78 is 6.52. The Morgan fingerprint density at radius 2 is 2.00 bits per heavy atom. The maximum Gasteiger partial charge on any atom is 0.260 e. The van der Waals surface area contributed by atoms with E-state index in [2.05, 4.69) is 27.9 Å². The molecule has 2 N–H and O–H groups in total. The van der Waals surface area contributed by atoms with E-state index in [1.807, 2.05) is 17.9 Å². The Bertz CT molecular complexity index is 476. The number of carbonyl (C=O) groups is 1. The highest BCUT2D eigenvalue weighted by molar-refractivity contribution is 9.10. The van der Waals surface area contributed by atoms with Crippen LogP contribution in [0.4, 0.5) is 5.69 Å². The van der Waals surface area contributed by atoms with Crippen molar-refractivity contribution in [3.05, 3.63) is 22.2 Å². The van der Waals surface area contributed by atoms with Crippen molar-refractivity contribution < 1.29 is 9.53 Å². The maximum absolute atomic E-state index is 12.1. The van der Waals surface area contributed by atoms with Crippen LogP contribution in [-0.4, -0.2) is 55.5 Å². The monoisotopic (exact) mass is 341 g/mol. The molecule has 1 fully saturated rings. The number of anilines is 1. The van der Waals surface area contributed by atoms with Crippen LogP contribution in [-0.2, 0) is 4.79 Å². The van der Waals surface area contributed by atoms with Crippen molar-refractivity contribution in [2.45, 2.75) is 6.92 Å². The van der Waals surface area contributed by atoms with Crippen LogP contribution in [0.25, 0.3) is 0 Å². The molecule has 0 atom stereocenters. The van der Waals surface area contributed by atoms with Crippen LogP contribution in [0.15, 0.2) is 16.6 Å². The van der Waals surface area contributed by atoms with E-state index in [0.717, 1.165) is 36.2 Å². The zero-order valence-corrected chi connectivity index (χ0v) is 13.4. The molecule has 0 aliphatic carbocycles. The molecule has 0 bridgehead atoms. The second-order valence-electron chi connectivity index (χ2n) is 5.11. The SMILES string of the molecule is Cc1cc(Br)cc(N)c1OCC(=O)N1CCN(C)CC1. The number of rotatable bonds is 3. The predicted molar refractivity (Wildman–Crippen MR) is 82.9 cm³/mol. The fourth-order valence-electron chi connectivity index (χ4n) is 2.23. The Morgan fingerprint density at radius 1 is 1.35 bits per heavy atom. The molecule has 1 aliphatic heterocycles. The molecule has 1 heterocycles. The summed E-state index contributed by atoms with van der Waals surface area (Å²) in [6.07, 6.45) is 0. The molecule has 5 nitrogen and oxygen atoms in total. The summed E-state index contributed by atoms with van der Waals surface area (Å²) in [5.74, 6) is 0.607. The van der Waals surface area contributed by atoms with Crippen molar-refractivity contribution in [1.82, 2.24) is 9.80 Å². The van der Waals surface area contributed by atoms with Gasteiger partial charge in [-0.2, -0.15) is 0 Å². The number of halogens is 1. The number of nitrogen functional groups attached to an aromatic ring is 1. The van der Waals surface area contributed by atoms with Gasteiger partial charge in [0.1, 0.15) is 5.75 Å². The number of aryl methyl sites for hydroxylation is 1. The maximum atomic E-state index is 12.1. The summed E-state index contributed by atoms with van der Waals surface area (Å²) in [7, 11) is 2.06. The van der Waals surface area contributed by atoms with Gasteiger partial charge in [0.05, 0.1) is 5.69 Å². The second-order valence-corrected chi connectivity index (χ2v) is 6.03. The minimum atomic E-state index is 0.0137. The molecule has 1 amide bonds. The molecule has 2 rings (SSSR count). The third-order valence-corrected chi connectivity index (χ3v) is 3.92. The molecule has 1 aromatic carbocycles. The van der Waals surface area contributed by atoms with Crippen LogP contribution in [0.5, 0.6) is 5.75 Å². The molecule has 20 heavy (non-hydrogen) atoms. The Kier molecular flexibility index (Phi) is 4.88. The van der Waals surface area contributed by atoms with Crippen LogP contribution in [0, 0.1) is 6.92 Å². The van der Waals surface area contributed by atoms with Crippen LogP contribution < -0.4 is 10.5 Å². The molecular weight excluding hydrogens is 322 g/mol. The van der Waals surface area contributed by atoms with Gasteiger partial charge in [0.25, 0.3) is 5.91 Å². The molecule has 0 saturated carbocycles. The first-order chi connectivity index (χ1) is 9.47. The number of nitrogens with two attached hydrogens (primary N) is 1. The van der Waals surface area contributed by atoms with Crippen molar-refractivity contribution in [2.75, 3.05) is 45.6 Å². The number of carbonyl (C=O) groups excluding carboxylic acids is 1. The standard InChI is InChI=1S/C14H20BrN3O2/c1-10-7-11(15)8-12(16)14(10)20-9-13(19)18-5-3-17(2)4-6-18/h7-8H,3-6,9,16H2,1-2H3. The van der Waals surface area contributed by atoms with Crippen molar-refractivity contribution in [3.63, 3.8) is 0 Å². The van der Waals surface area contributed by atoms with Gasteiger partial charge in [0.15, 0.2) is 6.61 Å². The highest BCUT2D eigenvalue weighted by atomic mass is 79.9. The molecule has 0 aromatic heterocycles. The number of benzene rings is 1. The van der Waals surface area contributed by atoms with Gasteiger partial charge in [-0.15, -0.1) is 0 Å². The largest absolute Gasteiger partial charge is 0.481 e. The summed E-state index contributed by atoms with van der Waals surface area (Å²) in [5.41, 5.74) is 7.38. The van der Waals surface area contributed by atoms with Gasteiger partial charge < -0.3 is 20.3 Å². The van der Waals surface area contributed by atoms with Crippen molar-refractivity contribution in [3.8, 4) is 5.75 Å². The summed E-state index contributed by atoms with van der Waals surface area (Å²) in [5, 5.41) is 0. The van der Waals surface area contributed by atoms with Gasteiger partial charge in [-0.05, 0) is 31.7 Å². The quantitative estimate of drug-likeness (QED) is 0.846. The second kappa shape index (κ2) is 6.45. The minimum absolute atomic E-state index is 0.0137. The highest BCUT2D eigenvalue weighted by Gasteiger charge is 2.19. The van der Waals surface area contributed by atoms with E-state index in [1.165, 1.54) is 0 Å². The van der Waals surface area contributed by atoms with E-state index < -0.39 is 0 Å². The summed E-state index contributed by atoms with van der Waals surface area (Å²) in [6, 6.07) is 3.70. The molecule has 1 saturated heterocycles. The van der Waals surface area contributed by atoms with E-state index >= 15 is 0 Å².